The summed E-state index contributed by atoms with van der Waals surface area (Å²) in [6.07, 6.45) is 5.91. The van der Waals surface area contributed by atoms with Crippen LogP contribution in [0.1, 0.15) is 32.1 Å². The van der Waals surface area contributed by atoms with Gasteiger partial charge >= 0.3 is 0 Å². The number of carbonyl (C=O) groups excluding carboxylic acids is 1. The second kappa shape index (κ2) is 2.94. The molecule has 2 rings (SSSR count). The minimum absolute atomic E-state index is 0.329. The van der Waals surface area contributed by atoms with Gasteiger partial charge in [0.05, 0.1) is 6.04 Å². The molecule has 1 unspecified atom stereocenters. The Hall–Kier alpha value is -0.370. The molecule has 0 N–H and O–H groups in total. The number of nitrogens with zero attached hydrogens (tertiary/aromatic N) is 1. The summed E-state index contributed by atoms with van der Waals surface area (Å²) in [6.45, 7) is 2.33. The van der Waals surface area contributed by atoms with E-state index in [0.717, 1.165) is 25.9 Å². The predicted molar refractivity (Wildman–Crippen MR) is 43.5 cm³/mol. The van der Waals surface area contributed by atoms with Gasteiger partial charge in [0.25, 0.3) is 0 Å². The van der Waals surface area contributed by atoms with Crippen LogP contribution in [-0.4, -0.2) is 29.8 Å². The predicted octanol–water partition coefficient (Wildman–Crippen LogP) is 1.20. The van der Waals surface area contributed by atoms with Crippen molar-refractivity contribution in [2.24, 2.45) is 0 Å². The van der Waals surface area contributed by atoms with Crippen LogP contribution in [0.2, 0.25) is 0 Å². The average Bonchev–Trinajstić information content (AvgIpc) is 2.04. The van der Waals surface area contributed by atoms with E-state index in [0.29, 0.717) is 11.8 Å². The van der Waals surface area contributed by atoms with E-state index in [-0.39, 0.29) is 0 Å². The first-order valence-corrected chi connectivity index (χ1v) is 4.65. The topological polar surface area (TPSA) is 20.3 Å². The van der Waals surface area contributed by atoms with Crippen molar-refractivity contribution in [3.05, 3.63) is 0 Å². The zero-order valence-corrected chi connectivity index (χ0v) is 6.88. The van der Waals surface area contributed by atoms with Gasteiger partial charge in [-0.05, 0) is 32.4 Å². The molecule has 0 spiro atoms. The minimum Gasteiger partial charge on any atom is -0.298 e. The fourth-order valence-corrected chi connectivity index (χ4v) is 2.01. The van der Waals surface area contributed by atoms with Crippen LogP contribution in [0.4, 0.5) is 0 Å². The molecular formula is C9H15NO. The first-order valence-electron chi connectivity index (χ1n) is 4.65. The van der Waals surface area contributed by atoms with E-state index in [1.54, 1.807) is 0 Å². The van der Waals surface area contributed by atoms with Crippen molar-refractivity contribution in [2.45, 2.75) is 38.1 Å². The third-order valence-electron chi connectivity index (χ3n) is 2.87. The number of Topliss-reactive ketones (excluding diaryl/α,β-unsaturated/α-hetero) is 1. The van der Waals surface area contributed by atoms with E-state index in [4.69, 9.17) is 0 Å². The highest BCUT2D eigenvalue weighted by Crippen LogP contribution is 2.23. The number of ketones is 1. The summed E-state index contributed by atoms with van der Waals surface area (Å²) in [5, 5.41) is 0. The van der Waals surface area contributed by atoms with Crippen LogP contribution in [0.5, 0.6) is 0 Å². The highest BCUT2D eigenvalue weighted by Gasteiger charge is 2.33. The van der Waals surface area contributed by atoms with Gasteiger partial charge in [-0.15, -0.1) is 0 Å². The minimum atomic E-state index is 0.329. The Bertz CT molecular complexity index is 161. The molecule has 0 radical (unpaired) electrons. The van der Waals surface area contributed by atoms with Crippen LogP contribution >= 0.6 is 0 Å². The molecule has 2 fully saturated rings. The normalized spacial score (nSPS) is 33.5. The lowest BCUT2D eigenvalue weighted by molar-refractivity contribution is -0.131. The Kier molecular flexibility index (Phi) is 1.95. The van der Waals surface area contributed by atoms with Crippen LogP contribution in [0, 0.1) is 0 Å². The molecular weight excluding hydrogens is 138 g/mol. The highest BCUT2D eigenvalue weighted by atomic mass is 16.1. The van der Waals surface area contributed by atoms with Gasteiger partial charge in [-0.3, -0.25) is 9.69 Å². The number of hydrogen-bond acceptors (Lipinski definition) is 2. The monoisotopic (exact) mass is 153 g/mol. The van der Waals surface area contributed by atoms with Crippen molar-refractivity contribution < 1.29 is 4.79 Å². The summed E-state index contributed by atoms with van der Waals surface area (Å²) < 4.78 is 0. The molecule has 1 saturated carbocycles. The molecule has 0 amide bonds. The molecule has 2 aliphatic rings. The molecule has 0 aromatic rings. The summed E-state index contributed by atoms with van der Waals surface area (Å²) in [6, 6.07) is 0.329. The summed E-state index contributed by atoms with van der Waals surface area (Å²) >= 11 is 0. The van der Waals surface area contributed by atoms with E-state index in [1.165, 1.54) is 19.3 Å². The molecule has 2 nitrogen and oxygen atoms in total. The smallest absolute Gasteiger partial charge is 0.150 e. The fraction of sp³-hybridized carbons (Fsp3) is 0.889. The van der Waals surface area contributed by atoms with E-state index in [9.17, 15) is 4.79 Å². The van der Waals surface area contributed by atoms with Crippen LogP contribution in [-0.2, 0) is 4.79 Å². The molecule has 0 aromatic heterocycles. The molecule has 2 heteroatoms. The average molecular weight is 153 g/mol. The lowest BCUT2D eigenvalue weighted by Gasteiger charge is -2.38. The Labute approximate surface area is 67.6 Å². The van der Waals surface area contributed by atoms with Gasteiger partial charge < -0.3 is 0 Å². The number of rotatable bonds is 1. The molecule has 1 aliphatic carbocycles. The number of carbonyl (C=O) groups is 1. The Morgan fingerprint density at radius 2 is 1.91 bits per heavy atom. The molecule has 1 heterocycles. The molecule has 1 atom stereocenters. The Morgan fingerprint density at radius 1 is 1.18 bits per heavy atom. The van der Waals surface area contributed by atoms with Crippen molar-refractivity contribution in [1.82, 2.24) is 4.90 Å². The van der Waals surface area contributed by atoms with Crippen LogP contribution < -0.4 is 0 Å². The first-order chi connectivity index (χ1) is 5.38. The second-order valence-electron chi connectivity index (χ2n) is 3.62. The van der Waals surface area contributed by atoms with Gasteiger partial charge in [-0.25, -0.2) is 0 Å². The van der Waals surface area contributed by atoms with Gasteiger partial charge in [-0.2, -0.15) is 0 Å². The summed E-state index contributed by atoms with van der Waals surface area (Å²) in [5.74, 6) is 0.479. The second-order valence-corrected chi connectivity index (χ2v) is 3.62. The van der Waals surface area contributed by atoms with E-state index in [1.807, 2.05) is 0 Å². The number of hydrogen-bond donors (Lipinski definition) is 0. The third kappa shape index (κ3) is 1.32. The van der Waals surface area contributed by atoms with Crippen molar-refractivity contribution in [1.29, 1.82) is 0 Å². The maximum atomic E-state index is 11.1. The number of piperidine rings is 1. The van der Waals surface area contributed by atoms with Gasteiger partial charge in [0.2, 0.25) is 0 Å². The maximum absolute atomic E-state index is 11.1. The lowest BCUT2D eigenvalue weighted by Crippen LogP contribution is -2.49. The zero-order chi connectivity index (χ0) is 7.68. The van der Waals surface area contributed by atoms with Gasteiger partial charge in [0, 0.05) is 6.42 Å². The third-order valence-corrected chi connectivity index (χ3v) is 2.87. The van der Waals surface area contributed by atoms with Gasteiger partial charge in [-0.1, -0.05) is 6.42 Å². The zero-order valence-electron chi connectivity index (χ0n) is 6.88. The van der Waals surface area contributed by atoms with Crippen LogP contribution in [0.3, 0.4) is 0 Å². The Balaban J connectivity index is 1.88. The lowest BCUT2D eigenvalue weighted by atomic mass is 9.88. The summed E-state index contributed by atoms with van der Waals surface area (Å²) in [7, 11) is 0. The standard InChI is InChI=1S/C9H15NO/c11-9-5-4-8(9)10-6-2-1-3-7-10/h8H,1-7H2. The number of likely N-dealkylation sites (tertiary alicyclic amines) is 1. The molecule has 1 saturated heterocycles. The molecule has 0 bridgehead atoms. The van der Waals surface area contributed by atoms with Crippen molar-refractivity contribution in [2.75, 3.05) is 13.1 Å². The molecule has 0 aromatic carbocycles. The van der Waals surface area contributed by atoms with Crippen LogP contribution in [0.25, 0.3) is 0 Å². The SMILES string of the molecule is O=C1CCC1N1CCCCC1. The Morgan fingerprint density at radius 3 is 2.36 bits per heavy atom. The molecule has 62 valence electrons. The fourth-order valence-electron chi connectivity index (χ4n) is 2.01. The van der Waals surface area contributed by atoms with Gasteiger partial charge in [0.1, 0.15) is 5.78 Å². The quantitative estimate of drug-likeness (QED) is 0.564. The van der Waals surface area contributed by atoms with Gasteiger partial charge in [0.15, 0.2) is 0 Å². The highest BCUT2D eigenvalue weighted by molar-refractivity contribution is 5.89. The van der Waals surface area contributed by atoms with Crippen molar-refractivity contribution in [3.63, 3.8) is 0 Å². The van der Waals surface area contributed by atoms with E-state index >= 15 is 0 Å². The van der Waals surface area contributed by atoms with Crippen molar-refractivity contribution in [3.8, 4) is 0 Å². The maximum Gasteiger partial charge on any atom is 0.150 e. The van der Waals surface area contributed by atoms with Crippen molar-refractivity contribution >= 4 is 5.78 Å². The van der Waals surface area contributed by atoms with Crippen LogP contribution in [0.15, 0.2) is 0 Å². The first kappa shape index (κ1) is 7.29. The van der Waals surface area contributed by atoms with E-state index in [2.05, 4.69) is 4.90 Å². The molecule has 11 heavy (non-hydrogen) atoms. The summed E-state index contributed by atoms with van der Waals surface area (Å²) in [4.78, 5) is 13.5. The summed E-state index contributed by atoms with van der Waals surface area (Å²) in [5.41, 5.74) is 0. The largest absolute Gasteiger partial charge is 0.298 e. The molecule has 1 aliphatic heterocycles. The van der Waals surface area contributed by atoms with E-state index < -0.39 is 0 Å².